The third-order valence-electron chi connectivity index (χ3n) is 5.25. The summed E-state index contributed by atoms with van der Waals surface area (Å²) in [5.41, 5.74) is 0. The van der Waals surface area contributed by atoms with Crippen LogP contribution in [0.4, 0.5) is 0 Å². The normalized spacial score (nSPS) is 26.6. The van der Waals surface area contributed by atoms with Gasteiger partial charge in [0.2, 0.25) is 0 Å². The second kappa shape index (κ2) is 9.12. The molecule has 0 aromatic carbocycles. The van der Waals surface area contributed by atoms with E-state index in [2.05, 4.69) is 35.9 Å². The van der Waals surface area contributed by atoms with Gasteiger partial charge in [-0.15, -0.1) is 0 Å². The van der Waals surface area contributed by atoms with Crippen molar-refractivity contribution in [1.82, 2.24) is 15.1 Å². The molecule has 0 saturated carbocycles. The summed E-state index contributed by atoms with van der Waals surface area (Å²) in [7, 11) is 0. The van der Waals surface area contributed by atoms with Crippen molar-refractivity contribution in [3.8, 4) is 0 Å². The van der Waals surface area contributed by atoms with E-state index in [4.69, 9.17) is 0 Å². The van der Waals surface area contributed by atoms with Gasteiger partial charge >= 0.3 is 0 Å². The quantitative estimate of drug-likeness (QED) is 0.695. The zero-order valence-corrected chi connectivity index (χ0v) is 14.6. The van der Waals surface area contributed by atoms with Crippen molar-refractivity contribution >= 4 is 0 Å². The molecule has 2 aliphatic rings. The van der Waals surface area contributed by atoms with E-state index in [1.807, 2.05) is 0 Å². The Morgan fingerprint density at radius 1 is 1.05 bits per heavy atom. The highest BCUT2D eigenvalue weighted by atomic mass is 15.3. The van der Waals surface area contributed by atoms with Gasteiger partial charge in [0.1, 0.15) is 0 Å². The molecule has 0 bridgehead atoms. The third-order valence-corrected chi connectivity index (χ3v) is 5.25. The van der Waals surface area contributed by atoms with Crippen molar-refractivity contribution in [3.05, 3.63) is 0 Å². The lowest BCUT2D eigenvalue weighted by atomic mass is 10.1. The van der Waals surface area contributed by atoms with E-state index in [-0.39, 0.29) is 0 Å². The van der Waals surface area contributed by atoms with Gasteiger partial charge in [-0.05, 0) is 71.1 Å². The van der Waals surface area contributed by atoms with Crippen molar-refractivity contribution in [2.24, 2.45) is 5.92 Å². The first-order valence-corrected chi connectivity index (χ1v) is 9.35. The molecule has 0 aliphatic carbocycles. The maximum Gasteiger partial charge on any atom is 0.0235 e. The summed E-state index contributed by atoms with van der Waals surface area (Å²) < 4.78 is 0. The molecule has 1 N–H and O–H groups in total. The molecule has 0 amide bonds. The van der Waals surface area contributed by atoms with Crippen molar-refractivity contribution in [2.45, 2.75) is 71.4 Å². The van der Waals surface area contributed by atoms with Crippen LogP contribution in [0.15, 0.2) is 0 Å². The van der Waals surface area contributed by atoms with Gasteiger partial charge in [-0.25, -0.2) is 0 Å². The molecule has 2 unspecified atom stereocenters. The van der Waals surface area contributed by atoms with E-state index in [0.29, 0.717) is 0 Å². The Hall–Kier alpha value is -0.120. The van der Waals surface area contributed by atoms with Crippen LogP contribution in [0.3, 0.4) is 0 Å². The lowest BCUT2D eigenvalue weighted by Crippen LogP contribution is -2.42. The number of likely N-dealkylation sites (tertiary alicyclic amines) is 2. The van der Waals surface area contributed by atoms with E-state index in [1.165, 1.54) is 71.2 Å². The predicted octanol–water partition coefficient (Wildman–Crippen LogP) is 2.96. The summed E-state index contributed by atoms with van der Waals surface area (Å²) in [6, 6.07) is 1.62. The van der Waals surface area contributed by atoms with E-state index in [0.717, 1.165) is 24.5 Å². The summed E-state index contributed by atoms with van der Waals surface area (Å²) in [6.45, 7) is 14.7. The molecule has 21 heavy (non-hydrogen) atoms. The molecular weight excluding hydrogens is 258 g/mol. The Morgan fingerprint density at radius 3 is 2.52 bits per heavy atom. The van der Waals surface area contributed by atoms with Crippen LogP contribution in [0.25, 0.3) is 0 Å². The number of hydrogen-bond acceptors (Lipinski definition) is 3. The molecule has 2 fully saturated rings. The fourth-order valence-electron chi connectivity index (χ4n) is 3.85. The molecule has 0 radical (unpaired) electrons. The first kappa shape index (κ1) is 17.2. The lowest BCUT2D eigenvalue weighted by Gasteiger charge is -2.33. The van der Waals surface area contributed by atoms with E-state index in [1.54, 1.807) is 0 Å². The zero-order chi connectivity index (χ0) is 15.1. The smallest absolute Gasteiger partial charge is 0.0235 e. The Morgan fingerprint density at radius 2 is 1.81 bits per heavy atom. The maximum atomic E-state index is 3.56. The number of nitrogens with zero attached hydrogens (tertiary/aromatic N) is 2. The summed E-state index contributed by atoms with van der Waals surface area (Å²) in [6.07, 6.45) is 8.36. The highest BCUT2D eigenvalue weighted by Crippen LogP contribution is 2.22. The van der Waals surface area contributed by atoms with Crippen molar-refractivity contribution in [3.63, 3.8) is 0 Å². The average molecular weight is 296 g/mol. The molecule has 2 heterocycles. The Labute approximate surface area is 132 Å². The van der Waals surface area contributed by atoms with Crippen molar-refractivity contribution in [2.75, 3.05) is 39.3 Å². The standard InChI is InChI=1S/C18H37N3/c1-16(2)14-19-10-7-8-17(3)21-13-9-18(15-21)20-11-5-4-6-12-20/h16-19H,4-15H2,1-3H3. The summed E-state index contributed by atoms with van der Waals surface area (Å²) >= 11 is 0. The average Bonchev–Trinajstić information content (AvgIpc) is 2.97. The first-order valence-electron chi connectivity index (χ1n) is 9.35. The number of nitrogens with one attached hydrogen (secondary N) is 1. The Bertz CT molecular complexity index is 274. The first-order chi connectivity index (χ1) is 10.2. The molecule has 3 nitrogen and oxygen atoms in total. The maximum absolute atomic E-state index is 3.56. The molecule has 2 saturated heterocycles. The van der Waals surface area contributed by atoms with Crippen LogP contribution in [0.2, 0.25) is 0 Å². The van der Waals surface area contributed by atoms with E-state index >= 15 is 0 Å². The van der Waals surface area contributed by atoms with E-state index in [9.17, 15) is 0 Å². The fraction of sp³-hybridized carbons (Fsp3) is 1.00. The molecule has 2 atom stereocenters. The van der Waals surface area contributed by atoms with Gasteiger partial charge in [0.25, 0.3) is 0 Å². The molecule has 3 heteroatoms. The molecule has 0 aromatic rings. The monoisotopic (exact) mass is 295 g/mol. The fourth-order valence-corrected chi connectivity index (χ4v) is 3.85. The van der Waals surface area contributed by atoms with Crippen LogP contribution < -0.4 is 5.32 Å². The molecule has 0 aromatic heterocycles. The van der Waals surface area contributed by atoms with Gasteiger partial charge in [-0.1, -0.05) is 20.3 Å². The van der Waals surface area contributed by atoms with Gasteiger partial charge in [-0.3, -0.25) is 9.80 Å². The van der Waals surface area contributed by atoms with Gasteiger partial charge in [-0.2, -0.15) is 0 Å². The minimum atomic E-state index is 0.764. The van der Waals surface area contributed by atoms with Crippen LogP contribution in [0.5, 0.6) is 0 Å². The molecule has 0 spiro atoms. The second-order valence-corrected chi connectivity index (χ2v) is 7.62. The van der Waals surface area contributed by atoms with Crippen LogP contribution in [-0.2, 0) is 0 Å². The van der Waals surface area contributed by atoms with Crippen LogP contribution in [0.1, 0.15) is 59.3 Å². The molecule has 2 rings (SSSR count). The topological polar surface area (TPSA) is 18.5 Å². The lowest BCUT2D eigenvalue weighted by molar-refractivity contribution is 0.152. The van der Waals surface area contributed by atoms with Crippen LogP contribution in [0, 0.1) is 5.92 Å². The summed E-state index contributed by atoms with van der Waals surface area (Å²) in [4.78, 5) is 5.50. The zero-order valence-electron chi connectivity index (χ0n) is 14.6. The Balaban J connectivity index is 1.59. The largest absolute Gasteiger partial charge is 0.316 e. The van der Waals surface area contributed by atoms with Crippen LogP contribution in [-0.4, -0.2) is 61.2 Å². The molecular formula is C18H37N3. The molecule has 2 aliphatic heterocycles. The van der Waals surface area contributed by atoms with Crippen molar-refractivity contribution < 1.29 is 0 Å². The number of piperidine rings is 1. The second-order valence-electron chi connectivity index (χ2n) is 7.62. The minimum Gasteiger partial charge on any atom is -0.316 e. The Kier molecular flexibility index (Phi) is 7.48. The third kappa shape index (κ3) is 5.88. The minimum absolute atomic E-state index is 0.764. The summed E-state index contributed by atoms with van der Waals surface area (Å²) in [5.74, 6) is 0.770. The van der Waals surface area contributed by atoms with Gasteiger partial charge < -0.3 is 5.32 Å². The van der Waals surface area contributed by atoms with Gasteiger partial charge in [0, 0.05) is 25.2 Å². The van der Waals surface area contributed by atoms with Gasteiger partial charge in [0.15, 0.2) is 0 Å². The highest BCUT2D eigenvalue weighted by Gasteiger charge is 2.30. The van der Waals surface area contributed by atoms with Gasteiger partial charge in [0.05, 0.1) is 0 Å². The van der Waals surface area contributed by atoms with Crippen LogP contribution >= 0.6 is 0 Å². The number of rotatable bonds is 8. The summed E-state index contributed by atoms with van der Waals surface area (Å²) in [5, 5.41) is 3.56. The van der Waals surface area contributed by atoms with Crippen molar-refractivity contribution in [1.29, 1.82) is 0 Å². The number of hydrogen-bond donors (Lipinski definition) is 1. The van der Waals surface area contributed by atoms with E-state index < -0.39 is 0 Å². The predicted molar refractivity (Wildman–Crippen MR) is 91.8 cm³/mol. The molecule has 124 valence electrons. The highest BCUT2D eigenvalue weighted by molar-refractivity contribution is 4.87. The SMILES string of the molecule is CC(C)CNCCCC(C)N1CCC(N2CCCCC2)C1.